The van der Waals surface area contributed by atoms with Gasteiger partial charge in [-0.05, 0) is 18.2 Å². The zero-order valence-electron chi connectivity index (χ0n) is 9.42. The SMILES string of the molecule is Cn1ccc(CNC(=O)c2cccc(N)n2)n1. The van der Waals surface area contributed by atoms with Gasteiger partial charge in [-0.1, -0.05) is 6.07 Å². The summed E-state index contributed by atoms with van der Waals surface area (Å²) in [7, 11) is 1.82. The number of aryl methyl sites for hydroxylation is 1. The number of carbonyl (C=O) groups is 1. The van der Waals surface area contributed by atoms with Crippen LogP contribution in [-0.2, 0) is 13.6 Å². The lowest BCUT2D eigenvalue weighted by molar-refractivity contribution is 0.0945. The van der Waals surface area contributed by atoms with E-state index < -0.39 is 0 Å². The lowest BCUT2D eigenvalue weighted by Crippen LogP contribution is -2.24. The molecule has 0 fully saturated rings. The van der Waals surface area contributed by atoms with Crippen molar-refractivity contribution in [3.8, 4) is 0 Å². The Bertz CT molecular complexity index is 534. The molecular weight excluding hydrogens is 218 g/mol. The first-order chi connectivity index (χ1) is 8.15. The minimum Gasteiger partial charge on any atom is -0.384 e. The highest BCUT2D eigenvalue weighted by Crippen LogP contribution is 2.01. The van der Waals surface area contributed by atoms with Crippen LogP contribution in [0.3, 0.4) is 0 Å². The van der Waals surface area contributed by atoms with E-state index in [4.69, 9.17) is 5.73 Å². The van der Waals surface area contributed by atoms with Crippen molar-refractivity contribution in [1.29, 1.82) is 0 Å². The van der Waals surface area contributed by atoms with Gasteiger partial charge in [0, 0.05) is 13.2 Å². The average molecular weight is 231 g/mol. The molecule has 0 unspecified atom stereocenters. The molecule has 1 amide bonds. The summed E-state index contributed by atoms with van der Waals surface area (Å²) in [5.74, 6) is 0.0680. The van der Waals surface area contributed by atoms with Crippen LogP contribution in [0.25, 0.3) is 0 Å². The fourth-order valence-corrected chi connectivity index (χ4v) is 1.40. The van der Waals surface area contributed by atoms with Crippen LogP contribution in [0.4, 0.5) is 5.82 Å². The summed E-state index contributed by atoms with van der Waals surface area (Å²) < 4.78 is 1.68. The van der Waals surface area contributed by atoms with E-state index in [9.17, 15) is 4.79 Å². The molecule has 0 bridgehead atoms. The van der Waals surface area contributed by atoms with Gasteiger partial charge >= 0.3 is 0 Å². The molecule has 6 nitrogen and oxygen atoms in total. The maximum atomic E-state index is 11.7. The maximum absolute atomic E-state index is 11.7. The molecule has 0 aromatic carbocycles. The Hall–Kier alpha value is -2.37. The molecule has 3 N–H and O–H groups in total. The van der Waals surface area contributed by atoms with Gasteiger partial charge in [0.2, 0.25) is 0 Å². The average Bonchev–Trinajstić information content (AvgIpc) is 2.72. The summed E-state index contributed by atoms with van der Waals surface area (Å²) in [6, 6.07) is 6.78. The Balaban J connectivity index is 1.98. The molecule has 6 heteroatoms. The van der Waals surface area contributed by atoms with Gasteiger partial charge < -0.3 is 11.1 Å². The number of aromatic nitrogens is 3. The highest BCUT2D eigenvalue weighted by molar-refractivity contribution is 5.92. The van der Waals surface area contributed by atoms with E-state index in [2.05, 4.69) is 15.4 Å². The van der Waals surface area contributed by atoms with E-state index in [0.29, 0.717) is 18.1 Å². The predicted molar refractivity (Wildman–Crippen MR) is 63.0 cm³/mol. The van der Waals surface area contributed by atoms with Crippen LogP contribution in [0, 0.1) is 0 Å². The van der Waals surface area contributed by atoms with Crippen LogP contribution >= 0.6 is 0 Å². The number of nitrogen functional groups attached to an aromatic ring is 1. The standard InChI is InChI=1S/C11H13N5O/c1-16-6-5-8(15-16)7-13-11(17)9-3-2-4-10(12)14-9/h2-6H,7H2,1H3,(H2,12,14)(H,13,17). The molecule has 0 radical (unpaired) electrons. The van der Waals surface area contributed by atoms with Crippen molar-refractivity contribution in [2.45, 2.75) is 6.54 Å². The summed E-state index contributed by atoms with van der Waals surface area (Å²) in [4.78, 5) is 15.6. The smallest absolute Gasteiger partial charge is 0.270 e. The van der Waals surface area contributed by atoms with Crippen LogP contribution in [0.2, 0.25) is 0 Å². The first-order valence-electron chi connectivity index (χ1n) is 5.14. The zero-order chi connectivity index (χ0) is 12.3. The third-order valence-corrected chi connectivity index (χ3v) is 2.20. The first kappa shape index (κ1) is 11.1. The van der Waals surface area contributed by atoms with Gasteiger partial charge in [0.25, 0.3) is 5.91 Å². The molecule has 0 atom stereocenters. The molecule has 2 heterocycles. The molecule has 88 valence electrons. The highest BCUT2D eigenvalue weighted by Gasteiger charge is 2.07. The van der Waals surface area contributed by atoms with Crippen LogP contribution in [0.15, 0.2) is 30.5 Å². The van der Waals surface area contributed by atoms with Crippen LogP contribution in [0.1, 0.15) is 16.2 Å². The van der Waals surface area contributed by atoms with E-state index in [1.165, 1.54) is 0 Å². The molecular formula is C11H13N5O. The largest absolute Gasteiger partial charge is 0.384 e. The first-order valence-corrected chi connectivity index (χ1v) is 5.14. The Morgan fingerprint density at radius 3 is 2.94 bits per heavy atom. The van der Waals surface area contributed by atoms with Crippen LogP contribution in [-0.4, -0.2) is 20.7 Å². The van der Waals surface area contributed by atoms with Gasteiger partial charge in [0.15, 0.2) is 0 Å². The number of pyridine rings is 1. The third kappa shape index (κ3) is 2.81. The molecule has 0 saturated carbocycles. The molecule has 0 saturated heterocycles. The molecule has 2 aromatic heterocycles. The predicted octanol–water partition coefficient (Wildman–Crippen LogP) is 0.327. The number of carbonyl (C=O) groups excluding carboxylic acids is 1. The molecule has 0 aliphatic carbocycles. The van der Waals surface area contributed by atoms with Gasteiger partial charge in [-0.15, -0.1) is 0 Å². The summed E-state index contributed by atoms with van der Waals surface area (Å²) in [5.41, 5.74) is 6.60. The molecule has 2 aromatic rings. The van der Waals surface area contributed by atoms with Gasteiger partial charge in [-0.25, -0.2) is 4.98 Å². The van der Waals surface area contributed by atoms with Crippen molar-refractivity contribution < 1.29 is 4.79 Å². The molecule has 0 aliphatic rings. The highest BCUT2D eigenvalue weighted by atomic mass is 16.1. The quantitative estimate of drug-likeness (QED) is 0.797. The maximum Gasteiger partial charge on any atom is 0.270 e. The lowest BCUT2D eigenvalue weighted by Gasteiger charge is -2.02. The number of hydrogen-bond acceptors (Lipinski definition) is 4. The number of anilines is 1. The topological polar surface area (TPSA) is 85.8 Å². The minimum absolute atomic E-state index is 0.261. The molecule has 17 heavy (non-hydrogen) atoms. The van der Waals surface area contributed by atoms with Gasteiger partial charge in [-0.3, -0.25) is 9.48 Å². The van der Waals surface area contributed by atoms with Crippen LogP contribution < -0.4 is 11.1 Å². The number of nitrogens with two attached hydrogens (primary N) is 1. The van der Waals surface area contributed by atoms with Crippen molar-refractivity contribution in [2.24, 2.45) is 7.05 Å². The number of nitrogens with zero attached hydrogens (tertiary/aromatic N) is 3. The van der Waals surface area contributed by atoms with E-state index in [0.717, 1.165) is 5.69 Å². The fourth-order valence-electron chi connectivity index (χ4n) is 1.40. The van der Waals surface area contributed by atoms with Crippen LogP contribution in [0.5, 0.6) is 0 Å². The second kappa shape index (κ2) is 4.65. The number of amides is 1. The van der Waals surface area contributed by atoms with E-state index in [-0.39, 0.29) is 5.91 Å². The van der Waals surface area contributed by atoms with Crippen molar-refractivity contribution in [2.75, 3.05) is 5.73 Å². The van der Waals surface area contributed by atoms with Gasteiger partial charge in [0.1, 0.15) is 11.5 Å². The van der Waals surface area contributed by atoms with Gasteiger partial charge in [0.05, 0.1) is 12.2 Å². The Labute approximate surface area is 98.5 Å². The van der Waals surface area contributed by atoms with Crippen molar-refractivity contribution >= 4 is 11.7 Å². The minimum atomic E-state index is -0.261. The summed E-state index contributed by atoms with van der Waals surface area (Å²) in [6.45, 7) is 0.371. The van der Waals surface area contributed by atoms with E-state index in [1.54, 1.807) is 22.9 Å². The molecule has 0 spiro atoms. The Morgan fingerprint density at radius 2 is 2.29 bits per heavy atom. The van der Waals surface area contributed by atoms with Crippen molar-refractivity contribution in [1.82, 2.24) is 20.1 Å². The van der Waals surface area contributed by atoms with Crippen molar-refractivity contribution in [3.05, 3.63) is 41.9 Å². The normalized spacial score (nSPS) is 10.2. The third-order valence-electron chi connectivity index (χ3n) is 2.20. The zero-order valence-corrected chi connectivity index (χ0v) is 9.42. The van der Waals surface area contributed by atoms with Gasteiger partial charge in [-0.2, -0.15) is 5.10 Å². The monoisotopic (exact) mass is 231 g/mol. The molecule has 0 aliphatic heterocycles. The number of nitrogens with one attached hydrogen (secondary N) is 1. The lowest BCUT2D eigenvalue weighted by atomic mass is 10.3. The summed E-state index contributed by atoms with van der Waals surface area (Å²) >= 11 is 0. The number of rotatable bonds is 3. The van der Waals surface area contributed by atoms with E-state index in [1.807, 2.05) is 19.3 Å². The summed E-state index contributed by atoms with van der Waals surface area (Å²) in [6.07, 6.45) is 1.82. The molecule has 2 rings (SSSR count). The second-order valence-electron chi connectivity index (χ2n) is 3.61. The Kier molecular flexibility index (Phi) is 3.04. The second-order valence-corrected chi connectivity index (χ2v) is 3.61. The number of hydrogen-bond donors (Lipinski definition) is 2. The summed E-state index contributed by atoms with van der Waals surface area (Å²) in [5, 5.41) is 6.87. The Morgan fingerprint density at radius 1 is 1.47 bits per heavy atom. The van der Waals surface area contributed by atoms with Crippen molar-refractivity contribution in [3.63, 3.8) is 0 Å². The van der Waals surface area contributed by atoms with E-state index >= 15 is 0 Å². The fraction of sp³-hybridized carbons (Fsp3) is 0.182.